The Balaban J connectivity index is 4.70. The summed E-state index contributed by atoms with van der Waals surface area (Å²) in [4.78, 5) is 52.7. The molecule has 0 bridgehead atoms. The van der Waals surface area contributed by atoms with Crippen LogP contribution in [0.5, 0.6) is 0 Å². The molecule has 1 unspecified atom stereocenters. The molecule has 364 valence electrons. The highest BCUT2D eigenvalue weighted by Gasteiger charge is 2.28. The second-order valence-electron chi connectivity index (χ2n) is 14.8. The van der Waals surface area contributed by atoms with Crippen molar-refractivity contribution in [1.82, 2.24) is 0 Å². The lowest BCUT2D eigenvalue weighted by molar-refractivity contribution is -0.161. The molecule has 0 fully saturated rings. The van der Waals surface area contributed by atoms with Crippen molar-refractivity contribution < 1.29 is 66.7 Å². The van der Waals surface area contributed by atoms with Gasteiger partial charge < -0.3 is 34.4 Å². The highest BCUT2D eigenvalue weighted by atomic mass is 31.2. The van der Waals surface area contributed by atoms with E-state index in [2.05, 4.69) is 108 Å². The molecule has 0 aromatic heterocycles. The van der Waals surface area contributed by atoms with Gasteiger partial charge in [0.05, 0.1) is 25.9 Å². The van der Waals surface area contributed by atoms with Crippen LogP contribution in [0.3, 0.4) is 0 Å². The molecule has 14 nitrogen and oxygen atoms in total. The van der Waals surface area contributed by atoms with Gasteiger partial charge in [0.25, 0.3) is 0 Å². The van der Waals surface area contributed by atoms with E-state index in [0.29, 0.717) is 19.3 Å². The molecule has 0 saturated heterocycles. The molecule has 0 amide bonds. The van der Waals surface area contributed by atoms with Crippen molar-refractivity contribution in [3.8, 4) is 0 Å². The minimum absolute atomic E-state index is 0.0655. The number of aliphatic hydroxyl groups is 2. The Morgan fingerprint density at radius 2 is 0.984 bits per heavy atom. The number of phosphoric acid groups is 2. The zero-order chi connectivity index (χ0) is 47.4. The molecule has 64 heavy (non-hydrogen) atoms. The molecular formula is C48H78O14P2. The number of ether oxygens (including phenoxy) is 2. The van der Waals surface area contributed by atoms with Gasteiger partial charge in [-0.25, -0.2) is 9.13 Å². The third kappa shape index (κ3) is 45.3. The number of rotatable bonds is 41. The van der Waals surface area contributed by atoms with Crippen molar-refractivity contribution in [3.05, 3.63) is 109 Å². The van der Waals surface area contributed by atoms with Crippen LogP contribution < -0.4 is 0 Å². The topological polar surface area (TPSA) is 216 Å². The molecule has 16 heteroatoms. The first-order chi connectivity index (χ1) is 30.8. The summed E-state index contributed by atoms with van der Waals surface area (Å²) in [6.45, 7) is 1.36. The average Bonchev–Trinajstić information content (AvgIpc) is 3.25. The first-order valence-electron chi connectivity index (χ1n) is 22.7. The van der Waals surface area contributed by atoms with Crippen molar-refractivity contribution in [2.45, 2.75) is 154 Å². The summed E-state index contributed by atoms with van der Waals surface area (Å²) in [5.41, 5.74) is 0. The third-order valence-corrected chi connectivity index (χ3v) is 10.1. The number of unbranched alkanes of at least 4 members (excludes halogenated alkanes) is 5. The lowest BCUT2D eigenvalue weighted by atomic mass is 10.1. The molecule has 0 aliphatic heterocycles. The van der Waals surface area contributed by atoms with E-state index >= 15 is 0 Å². The van der Waals surface area contributed by atoms with Gasteiger partial charge in [0.1, 0.15) is 12.7 Å². The number of phosphoric ester groups is 2. The van der Waals surface area contributed by atoms with Gasteiger partial charge in [0, 0.05) is 12.8 Å². The largest absolute Gasteiger partial charge is 0.472 e. The molecule has 5 N–H and O–H groups in total. The van der Waals surface area contributed by atoms with Crippen LogP contribution in [0.15, 0.2) is 109 Å². The van der Waals surface area contributed by atoms with Crippen LogP contribution >= 0.6 is 15.6 Å². The Labute approximate surface area is 383 Å². The Hall–Kier alpha value is -3.26. The van der Waals surface area contributed by atoms with Crippen LogP contribution in [0.2, 0.25) is 0 Å². The van der Waals surface area contributed by atoms with Gasteiger partial charge in [0.15, 0.2) is 6.10 Å². The van der Waals surface area contributed by atoms with Crippen molar-refractivity contribution in [1.29, 1.82) is 0 Å². The van der Waals surface area contributed by atoms with Crippen molar-refractivity contribution in [3.63, 3.8) is 0 Å². The second kappa shape index (κ2) is 42.4. The van der Waals surface area contributed by atoms with E-state index in [0.717, 1.165) is 89.9 Å². The van der Waals surface area contributed by atoms with E-state index in [9.17, 15) is 33.8 Å². The molecule has 0 rings (SSSR count). The first-order valence-corrected chi connectivity index (χ1v) is 25.7. The smallest absolute Gasteiger partial charge is 0.462 e. The summed E-state index contributed by atoms with van der Waals surface area (Å²) in [5.74, 6) is -1.17. The number of esters is 2. The number of carbonyl (C=O) groups is 2. The predicted octanol–water partition coefficient (Wildman–Crippen LogP) is 10.9. The maximum atomic E-state index is 12.7. The zero-order valence-corrected chi connectivity index (χ0v) is 40.0. The van der Waals surface area contributed by atoms with Gasteiger partial charge in [0.2, 0.25) is 0 Å². The molecule has 0 aromatic rings. The number of carbonyl (C=O) groups excluding carboxylic acids is 2. The highest BCUT2D eigenvalue weighted by Crippen LogP contribution is 2.43. The number of hydrogen-bond donors (Lipinski definition) is 5. The standard InChI is InChI=1S/C48H78O14P2/c1-3-5-7-8-9-10-11-12-13-14-15-16-17-18-23-26-29-32-35-39-48(52)62-46(43-61-64(56,57)60-41-45(50)40-59-63(53,54)55)42-58-47(51)38-34-31-28-25-22-20-19-21-24-27-30-33-37-44(49)36-6-4-2/h5,7,9-10,12-13,15-16,18-20,23-25,27-28,33,37,44-46,49-50H,3-4,6,8,11,14,17,21-22,26,29-32,34-36,38-43H2,1-2H3,(H,56,57)(H2,53,54,55)/b7-5-,10-9-,13-12-,16-15-,20-19-,23-18-,27-24-,28-25-,37-33-/t44-,45-,46+/m0/s1. The number of allylic oxidation sites excluding steroid dienone is 17. The summed E-state index contributed by atoms with van der Waals surface area (Å²) in [5, 5.41) is 19.6. The monoisotopic (exact) mass is 940 g/mol. The van der Waals surface area contributed by atoms with E-state index in [-0.39, 0.29) is 18.9 Å². The fourth-order valence-electron chi connectivity index (χ4n) is 5.27. The maximum Gasteiger partial charge on any atom is 0.472 e. The highest BCUT2D eigenvalue weighted by molar-refractivity contribution is 7.47. The fraction of sp³-hybridized carbons (Fsp3) is 0.583. The third-order valence-electron chi connectivity index (χ3n) is 8.71. The van der Waals surface area contributed by atoms with Crippen LogP contribution in [-0.4, -0.2) is 81.6 Å². The summed E-state index contributed by atoms with van der Waals surface area (Å²) >= 11 is 0. The van der Waals surface area contributed by atoms with E-state index in [4.69, 9.17) is 23.8 Å². The minimum Gasteiger partial charge on any atom is -0.462 e. The van der Waals surface area contributed by atoms with Crippen LogP contribution in [0.1, 0.15) is 136 Å². The Bertz CT molecular complexity index is 1560. The Morgan fingerprint density at radius 3 is 1.52 bits per heavy atom. The molecule has 0 aliphatic rings. The molecule has 0 heterocycles. The van der Waals surface area contributed by atoms with Crippen LogP contribution in [0, 0.1) is 0 Å². The second-order valence-corrected chi connectivity index (χ2v) is 17.4. The van der Waals surface area contributed by atoms with Gasteiger partial charge in [-0.15, -0.1) is 0 Å². The Kier molecular flexibility index (Phi) is 40.2. The summed E-state index contributed by atoms with van der Waals surface area (Å²) < 4.78 is 47.7. The average molecular weight is 941 g/mol. The normalized spacial score (nSPS) is 15.4. The summed E-state index contributed by atoms with van der Waals surface area (Å²) in [7, 11) is -9.73. The molecule has 4 atom stereocenters. The van der Waals surface area contributed by atoms with Crippen molar-refractivity contribution >= 4 is 27.6 Å². The van der Waals surface area contributed by atoms with E-state index in [1.807, 2.05) is 24.3 Å². The van der Waals surface area contributed by atoms with Crippen LogP contribution in [0.25, 0.3) is 0 Å². The fourth-order valence-corrected chi connectivity index (χ4v) is 6.42. The van der Waals surface area contributed by atoms with Gasteiger partial charge in [-0.2, -0.15) is 0 Å². The van der Waals surface area contributed by atoms with Gasteiger partial charge in [-0.05, 0) is 89.9 Å². The predicted molar refractivity (Wildman–Crippen MR) is 254 cm³/mol. The van der Waals surface area contributed by atoms with Crippen LogP contribution in [-0.2, 0) is 41.8 Å². The summed E-state index contributed by atoms with van der Waals surface area (Å²) in [6.07, 6.45) is 48.5. The first kappa shape index (κ1) is 60.7. The van der Waals surface area contributed by atoms with E-state index in [1.165, 1.54) is 0 Å². The lowest BCUT2D eigenvalue weighted by Gasteiger charge is -2.20. The van der Waals surface area contributed by atoms with Crippen molar-refractivity contribution in [2.75, 3.05) is 26.4 Å². The van der Waals surface area contributed by atoms with Crippen LogP contribution in [0.4, 0.5) is 0 Å². The van der Waals surface area contributed by atoms with Gasteiger partial charge in [-0.1, -0.05) is 142 Å². The molecule has 0 saturated carbocycles. The molecule has 0 aromatic carbocycles. The van der Waals surface area contributed by atoms with E-state index in [1.54, 1.807) is 0 Å². The lowest BCUT2D eigenvalue weighted by Crippen LogP contribution is -2.30. The van der Waals surface area contributed by atoms with E-state index < -0.39 is 66.2 Å². The zero-order valence-electron chi connectivity index (χ0n) is 38.2. The number of aliphatic hydroxyl groups excluding tert-OH is 2. The molecule has 0 spiro atoms. The summed E-state index contributed by atoms with van der Waals surface area (Å²) in [6, 6.07) is 0. The SMILES string of the molecule is CC/C=C\C/C=C\C/C=C\C/C=C\C/C=C\CCCCCC(=O)O[C@H](COC(=O)CCC/C=C\C/C=C\C/C=C\C/C=C\[C@@H](O)CCCC)COP(=O)(O)OC[C@@H](O)COP(=O)(O)O. The van der Waals surface area contributed by atoms with Gasteiger partial charge >= 0.3 is 27.6 Å². The molecule has 0 aliphatic carbocycles. The molecule has 0 radical (unpaired) electrons. The number of hydrogen-bond acceptors (Lipinski definition) is 11. The molecular weight excluding hydrogens is 862 g/mol. The Morgan fingerprint density at radius 1 is 0.516 bits per heavy atom. The quantitative estimate of drug-likeness (QED) is 0.0167. The minimum atomic E-state index is -4.88. The van der Waals surface area contributed by atoms with Crippen molar-refractivity contribution in [2.24, 2.45) is 0 Å². The van der Waals surface area contributed by atoms with Gasteiger partial charge in [-0.3, -0.25) is 23.2 Å². The maximum absolute atomic E-state index is 12.7.